The fourth-order valence-electron chi connectivity index (χ4n) is 2.31. The highest BCUT2D eigenvalue weighted by Crippen LogP contribution is 2.24. The quantitative estimate of drug-likeness (QED) is 0.562. The summed E-state index contributed by atoms with van der Waals surface area (Å²) in [4.78, 5) is 26.4. The number of fused-ring (bicyclic) bond motifs is 2. The summed E-state index contributed by atoms with van der Waals surface area (Å²) in [6.07, 6.45) is 5.77. The van der Waals surface area contributed by atoms with Gasteiger partial charge in [0.05, 0.1) is 11.9 Å². The van der Waals surface area contributed by atoms with Gasteiger partial charge in [0, 0.05) is 17.1 Å². The predicted octanol–water partition coefficient (Wildman–Crippen LogP) is 2.11. The van der Waals surface area contributed by atoms with Crippen LogP contribution in [0.25, 0.3) is 27.8 Å². The third-order valence-electron chi connectivity index (χ3n) is 3.24. The van der Waals surface area contributed by atoms with E-state index < -0.39 is 0 Å². The smallest absolute Gasteiger partial charge is 0.194 e. The summed E-state index contributed by atoms with van der Waals surface area (Å²) < 4.78 is 1.85. The van der Waals surface area contributed by atoms with E-state index in [0.717, 1.165) is 16.6 Å². The standard InChI is InChI=1S/C14H9N5O/c20-7-13-16-5-11-14(18-13)19(8-17-11)12-6-15-10-4-2-1-3-9(10)12/h1-8,15H. The number of aromatic amines is 1. The summed E-state index contributed by atoms with van der Waals surface area (Å²) in [7, 11) is 0. The summed E-state index contributed by atoms with van der Waals surface area (Å²) in [6.45, 7) is 0. The number of H-pyrrole nitrogens is 1. The average molecular weight is 263 g/mol. The van der Waals surface area contributed by atoms with E-state index in [1.807, 2.05) is 35.0 Å². The first-order valence-electron chi connectivity index (χ1n) is 6.08. The Kier molecular flexibility index (Phi) is 2.17. The molecule has 6 nitrogen and oxygen atoms in total. The highest BCUT2D eigenvalue weighted by Gasteiger charge is 2.11. The zero-order valence-electron chi connectivity index (χ0n) is 10.3. The van der Waals surface area contributed by atoms with Gasteiger partial charge in [-0.25, -0.2) is 15.0 Å². The van der Waals surface area contributed by atoms with Crippen LogP contribution < -0.4 is 0 Å². The molecule has 0 amide bonds. The van der Waals surface area contributed by atoms with Crippen molar-refractivity contribution in [2.24, 2.45) is 0 Å². The lowest BCUT2D eigenvalue weighted by Gasteiger charge is -2.01. The van der Waals surface area contributed by atoms with Gasteiger partial charge in [-0.3, -0.25) is 9.36 Å². The molecule has 96 valence electrons. The van der Waals surface area contributed by atoms with Crippen molar-refractivity contribution < 1.29 is 4.79 Å². The zero-order valence-corrected chi connectivity index (χ0v) is 10.3. The monoisotopic (exact) mass is 263 g/mol. The molecule has 20 heavy (non-hydrogen) atoms. The highest BCUT2D eigenvalue weighted by atomic mass is 16.1. The van der Waals surface area contributed by atoms with Gasteiger partial charge in [0.15, 0.2) is 17.8 Å². The molecule has 0 radical (unpaired) electrons. The SMILES string of the molecule is O=Cc1ncc2ncn(-c3c[nH]c4ccccc34)c2n1. The van der Waals surface area contributed by atoms with E-state index in [-0.39, 0.29) is 5.82 Å². The number of hydrogen-bond donors (Lipinski definition) is 1. The van der Waals surface area contributed by atoms with Gasteiger partial charge in [0.2, 0.25) is 0 Å². The van der Waals surface area contributed by atoms with Crippen molar-refractivity contribution in [3.8, 4) is 5.69 Å². The van der Waals surface area contributed by atoms with Crippen molar-refractivity contribution in [3.05, 3.63) is 48.8 Å². The van der Waals surface area contributed by atoms with Crippen molar-refractivity contribution >= 4 is 28.4 Å². The molecule has 0 atom stereocenters. The number of aromatic nitrogens is 5. The van der Waals surface area contributed by atoms with Crippen LogP contribution in [0.15, 0.2) is 43.0 Å². The summed E-state index contributed by atoms with van der Waals surface area (Å²) in [5.74, 6) is 0.152. The second-order valence-corrected chi connectivity index (χ2v) is 4.39. The summed E-state index contributed by atoms with van der Waals surface area (Å²) in [5.41, 5.74) is 3.25. The van der Waals surface area contributed by atoms with Crippen LogP contribution in [-0.2, 0) is 0 Å². The van der Waals surface area contributed by atoms with Gasteiger partial charge in [-0.05, 0) is 6.07 Å². The van der Waals surface area contributed by atoms with E-state index in [4.69, 9.17) is 0 Å². The summed E-state index contributed by atoms with van der Waals surface area (Å²) in [6, 6.07) is 7.98. The minimum absolute atomic E-state index is 0.152. The van der Waals surface area contributed by atoms with E-state index >= 15 is 0 Å². The molecular weight excluding hydrogens is 254 g/mol. The van der Waals surface area contributed by atoms with E-state index in [1.165, 1.54) is 0 Å². The molecule has 1 N–H and O–H groups in total. The number of benzene rings is 1. The Balaban J connectivity index is 2.04. The van der Waals surface area contributed by atoms with E-state index in [0.29, 0.717) is 17.5 Å². The second kappa shape index (κ2) is 3.99. The average Bonchev–Trinajstić information content (AvgIpc) is 3.09. The number of rotatable bonds is 2. The maximum absolute atomic E-state index is 10.8. The van der Waals surface area contributed by atoms with Gasteiger partial charge in [-0.2, -0.15) is 0 Å². The van der Waals surface area contributed by atoms with Gasteiger partial charge in [0.25, 0.3) is 0 Å². The van der Waals surface area contributed by atoms with E-state index in [2.05, 4.69) is 19.9 Å². The van der Waals surface area contributed by atoms with Crippen molar-refractivity contribution in [1.29, 1.82) is 0 Å². The number of carbonyl (C=O) groups is 1. The molecule has 3 aromatic heterocycles. The lowest BCUT2D eigenvalue weighted by Crippen LogP contribution is -1.97. The Morgan fingerprint density at radius 1 is 1.20 bits per heavy atom. The number of nitrogens with zero attached hydrogens (tertiary/aromatic N) is 4. The normalized spacial score (nSPS) is 11.2. The van der Waals surface area contributed by atoms with Crippen molar-refractivity contribution in [1.82, 2.24) is 24.5 Å². The first kappa shape index (κ1) is 10.9. The van der Waals surface area contributed by atoms with Crippen molar-refractivity contribution in [3.63, 3.8) is 0 Å². The largest absolute Gasteiger partial charge is 0.359 e. The minimum atomic E-state index is 0.152. The Bertz CT molecular complexity index is 937. The number of para-hydroxylation sites is 1. The first-order chi connectivity index (χ1) is 9.86. The van der Waals surface area contributed by atoms with Crippen LogP contribution >= 0.6 is 0 Å². The number of hydrogen-bond acceptors (Lipinski definition) is 4. The molecule has 0 bridgehead atoms. The lowest BCUT2D eigenvalue weighted by atomic mass is 10.2. The minimum Gasteiger partial charge on any atom is -0.359 e. The zero-order chi connectivity index (χ0) is 13.5. The number of aldehydes is 1. The molecule has 4 rings (SSSR count). The van der Waals surface area contributed by atoms with Gasteiger partial charge in [0.1, 0.15) is 11.8 Å². The van der Waals surface area contributed by atoms with Crippen LogP contribution in [0.1, 0.15) is 10.6 Å². The van der Waals surface area contributed by atoms with Gasteiger partial charge >= 0.3 is 0 Å². The molecule has 0 aliphatic carbocycles. The maximum Gasteiger partial charge on any atom is 0.194 e. The molecule has 0 aliphatic heterocycles. The molecule has 1 aromatic carbocycles. The van der Waals surface area contributed by atoms with Crippen molar-refractivity contribution in [2.45, 2.75) is 0 Å². The fourth-order valence-corrected chi connectivity index (χ4v) is 2.31. The maximum atomic E-state index is 10.8. The molecule has 0 saturated heterocycles. The third-order valence-corrected chi connectivity index (χ3v) is 3.24. The molecule has 0 unspecified atom stereocenters. The topological polar surface area (TPSA) is 76.5 Å². The van der Waals surface area contributed by atoms with Crippen molar-refractivity contribution in [2.75, 3.05) is 0 Å². The highest BCUT2D eigenvalue weighted by molar-refractivity contribution is 5.90. The van der Waals surface area contributed by atoms with Crippen LogP contribution in [0.2, 0.25) is 0 Å². The summed E-state index contributed by atoms with van der Waals surface area (Å²) >= 11 is 0. The predicted molar refractivity (Wildman–Crippen MR) is 73.9 cm³/mol. The number of nitrogens with one attached hydrogen (secondary N) is 1. The lowest BCUT2D eigenvalue weighted by molar-refractivity contribution is 0.111. The number of imidazole rings is 1. The van der Waals surface area contributed by atoms with Gasteiger partial charge < -0.3 is 4.98 Å². The van der Waals surface area contributed by atoms with E-state index in [1.54, 1.807) is 12.5 Å². The Morgan fingerprint density at radius 3 is 3.00 bits per heavy atom. The molecule has 0 fully saturated rings. The van der Waals surface area contributed by atoms with Gasteiger partial charge in [-0.1, -0.05) is 18.2 Å². The molecule has 0 aliphatic rings. The fraction of sp³-hybridized carbons (Fsp3) is 0. The number of carbonyl (C=O) groups excluding carboxylic acids is 1. The van der Waals surface area contributed by atoms with Gasteiger partial charge in [-0.15, -0.1) is 0 Å². The van der Waals surface area contributed by atoms with E-state index in [9.17, 15) is 4.79 Å². The van der Waals surface area contributed by atoms with Crippen LogP contribution in [0, 0.1) is 0 Å². The molecule has 4 aromatic rings. The molecule has 0 saturated carbocycles. The third kappa shape index (κ3) is 1.45. The first-order valence-corrected chi connectivity index (χ1v) is 6.08. The second-order valence-electron chi connectivity index (χ2n) is 4.39. The molecule has 6 heteroatoms. The summed E-state index contributed by atoms with van der Waals surface area (Å²) in [5, 5.41) is 1.07. The van der Waals surface area contributed by atoms with Crippen LogP contribution in [-0.4, -0.2) is 30.8 Å². The van der Waals surface area contributed by atoms with Crippen LogP contribution in [0.3, 0.4) is 0 Å². The van der Waals surface area contributed by atoms with Crippen LogP contribution in [0.4, 0.5) is 0 Å². The Hall–Kier alpha value is -3.02. The Labute approximate surface area is 113 Å². The molecule has 0 spiro atoms. The Morgan fingerprint density at radius 2 is 2.10 bits per heavy atom. The molecular formula is C14H9N5O. The molecule has 3 heterocycles. The van der Waals surface area contributed by atoms with Crippen LogP contribution in [0.5, 0.6) is 0 Å².